The minimum Gasteiger partial charge on any atom is -0.461 e. The molecule has 2 rings (SSSR count). The molecule has 0 fully saturated rings. The van der Waals surface area contributed by atoms with Gasteiger partial charge in [0.05, 0.1) is 24.2 Å². The molecular formula is C17H20N2O2. The predicted octanol–water partition coefficient (Wildman–Crippen LogP) is 3.50. The van der Waals surface area contributed by atoms with Gasteiger partial charge in [-0.25, -0.2) is 9.78 Å². The molecule has 4 nitrogen and oxygen atoms in total. The number of nitrogens with zero attached hydrogens (tertiary/aromatic N) is 2. The Kier molecular flexibility index (Phi) is 4.36. The first-order valence-electron chi connectivity index (χ1n) is 7.03. The molecule has 1 aromatic heterocycles. The molecule has 21 heavy (non-hydrogen) atoms. The Labute approximate surface area is 125 Å². The maximum Gasteiger partial charge on any atom is 0.358 e. The van der Waals surface area contributed by atoms with Gasteiger partial charge < -0.3 is 4.74 Å². The van der Waals surface area contributed by atoms with Crippen molar-refractivity contribution in [2.24, 2.45) is 5.41 Å². The number of hydrogen-bond donors (Lipinski definition) is 0. The summed E-state index contributed by atoms with van der Waals surface area (Å²) in [5.74, 6) is -0.432. The van der Waals surface area contributed by atoms with Crippen molar-refractivity contribution >= 4 is 11.5 Å². The van der Waals surface area contributed by atoms with Crippen LogP contribution in [0, 0.1) is 12.3 Å². The average Bonchev–Trinajstić information content (AvgIpc) is 2.60. The minimum atomic E-state index is -0.432. The summed E-state index contributed by atoms with van der Waals surface area (Å²) in [6, 6.07) is 0. The van der Waals surface area contributed by atoms with E-state index in [0.717, 1.165) is 5.57 Å². The lowest BCUT2D eigenvalue weighted by Crippen LogP contribution is -2.11. The van der Waals surface area contributed by atoms with Crippen LogP contribution in [0.25, 0.3) is 5.57 Å². The van der Waals surface area contributed by atoms with Crippen LogP contribution < -0.4 is 0 Å². The molecule has 0 saturated heterocycles. The first kappa shape index (κ1) is 15.2. The Morgan fingerprint density at radius 2 is 2.10 bits per heavy atom. The molecule has 0 N–H and O–H groups in total. The molecule has 1 heterocycles. The van der Waals surface area contributed by atoms with E-state index in [0.29, 0.717) is 18.0 Å². The fourth-order valence-electron chi connectivity index (χ4n) is 1.97. The Hall–Kier alpha value is -2.23. The highest BCUT2D eigenvalue weighted by molar-refractivity contribution is 5.89. The van der Waals surface area contributed by atoms with Crippen molar-refractivity contribution in [1.82, 2.24) is 9.97 Å². The van der Waals surface area contributed by atoms with Crippen LogP contribution >= 0.6 is 0 Å². The molecule has 0 aromatic carbocycles. The number of aromatic nitrogens is 2. The summed E-state index contributed by atoms with van der Waals surface area (Å²) in [5.41, 5.74) is 2.44. The number of ether oxygens (including phenoxy) is 1. The molecule has 0 spiro atoms. The fourth-order valence-corrected chi connectivity index (χ4v) is 1.97. The van der Waals surface area contributed by atoms with Gasteiger partial charge >= 0.3 is 5.97 Å². The van der Waals surface area contributed by atoms with Crippen LogP contribution in [0.5, 0.6) is 0 Å². The van der Waals surface area contributed by atoms with Crippen molar-refractivity contribution in [1.29, 1.82) is 0 Å². The number of hydrogen-bond acceptors (Lipinski definition) is 4. The number of carbonyl (C=O) groups is 1. The lowest BCUT2D eigenvalue weighted by Gasteiger charge is -2.12. The lowest BCUT2D eigenvalue weighted by molar-refractivity contribution is 0.0517. The highest BCUT2D eigenvalue weighted by atomic mass is 16.5. The van der Waals surface area contributed by atoms with E-state index in [4.69, 9.17) is 4.74 Å². The maximum atomic E-state index is 11.9. The van der Waals surface area contributed by atoms with E-state index in [1.54, 1.807) is 20.0 Å². The predicted molar refractivity (Wildman–Crippen MR) is 82.8 cm³/mol. The zero-order valence-corrected chi connectivity index (χ0v) is 12.9. The minimum absolute atomic E-state index is 0.000344. The summed E-state index contributed by atoms with van der Waals surface area (Å²) in [5, 5.41) is 0. The van der Waals surface area contributed by atoms with Gasteiger partial charge in [-0.3, -0.25) is 4.98 Å². The standard InChI is InChI=1S/C17H20N2O2/c1-5-21-16(20)15-12(2)18-11-14(19-15)13-7-6-9-17(3,4)10-8-13/h6-11H,5H2,1-4H3. The highest BCUT2D eigenvalue weighted by Gasteiger charge is 2.16. The van der Waals surface area contributed by atoms with Gasteiger partial charge in [0.1, 0.15) is 0 Å². The molecule has 0 aliphatic heterocycles. The van der Waals surface area contributed by atoms with Crippen LogP contribution in [0.2, 0.25) is 0 Å². The van der Waals surface area contributed by atoms with Gasteiger partial charge in [0, 0.05) is 11.0 Å². The van der Waals surface area contributed by atoms with Crippen LogP contribution in [0.15, 0.2) is 36.6 Å². The molecule has 0 amide bonds. The van der Waals surface area contributed by atoms with E-state index < -0.39 is 5.97 Å². The molecular weight excluding hydrogens is 264 g/mol. The van der Waals surface area contributed by atoms with Gasteiger partial charge in [0.2, 0.25) is 0 Å². The maximum absolute atomic E-state index is 11.9. The van der Waals surface area contributed by atoms with Gasteiger partial charge in [-0.15, -0.1) is 0 Å². The quantitative estimate of drug-likeness (QED) is 0.797. The largest absolute Gasteiger partial charge is 0.461 e. The normalized spacial score (nSPS) is 16.3. The van der Waals surface area contributed by atoms with Gasteiger partial charge in [-0.1, -0.05) is 44.2 Å². The topological polar surface area (TPSA) is 52.1 Å². The average molecular weight is 284 g/mol. The smallest absolute Gasteiger partial charge is 0.358 e. The van der Waals surface area contributed by atoms with E-state index in [2.05, 4.69) is 36.0 Å². The van der Waals surface area contributed by atoms with Crippen molar-refractivity contribution in [2.75, 3.05) is 6.61 Å². The number of allylic oxidation sites excluding steroid dienone is 6. The third kappa shape index (κ3) is 3.66. The van der Waals surface area contributed by atoms with Gasteiger partial charge in [0.15, 0.2) is 5.69 Å². The van der Waals surface area contributed by atoms with Crippen LogP contribution in [-0.4, -0.2) is 22.5 Å². The fraction of sp³-hybridized carbons (Fsp3) is 0.353. The van der Waals surface area contributed by atoms with E-state index in [1.165, 1.54) is 0 Å². The van der Waals surface area contributed by atoms with Crippen LogP contribution in [0.4, 0.5) is 0 Å². The second kappa shape index (κ2) is 6.04. The molecule has 1 aromatic rings. The number of aryl methyl sites for hydroxylation is 1. The van der Waals surface area contributed by atoms with E-state index in [1.807, 2.05) is 18.2 Å². The third-order valence-corrected chi connectivity index (χ3v) is 3.21. The van der Waals surface area contributed by atoms with Crippen LogP contribution in [-0.2, 0) is 4.74 Å². The van der Waals surface area contributed by atoms with Gasteiger partial charge in [0.25, 0.3) is 0 Å². The monoisotopic (exact) mass is 284 g/mol. The second-order valence-corrected chi connectivity index (χ2v) is 5.55. The molecule has 0 atom stereocenters. The van der Waals surface area contributed by atoms with Crippen LogP contribution in [0.1, 0.15) is 42.6 Å². The second-order valence-electron chi connectivity index (χ2n) is 5.55. The number of esters is 1. The third-order valence-electron chi connectivity index (χ3n) is 3.21. The first-order chi connectivity index (χ1) is 9.93. The Balaban J connectivity index is 2.38. The summed E-state index contributed by atoms with van der Waals surface area (Å²) in [6.07, 6.45) is 11.9. The molecule has 0 radical (unpaired) electrons. The lowest BCUT2D eigenvalue weighted by atomic mass is 9.93. The summed E-state index contributed by atoms with van der Waals surface area (Å²) in [6.45, 7) is 8.10. The number of rotatable bonds is 3. The van der Waals surface area contributed by atoms with E-state index in [-0.39, 0.29) is 11.1 Å². The summed E-state index contributed by atoms with van der Waals surface area (Å²) >= 11 is 0. The molecule has 4 heteroatoms. The van der Waals surface area contributed by atoms with Gasteiger partial charge in [-0.05, 0) is 13.8 Å². The van der Waals surface area contributed by atoms with Crippen molar-refractivity contribution < 1.29 is 9.53 Å². The molecule has 1 aliphatic rings. The zero-order chi connectivity index (χ0) is 15.5. The van der Waals surface area contributed by atoms with Gasteiger partial charge in [-0.2, -0.15) is 0 Å². The zero-order valence-electron chi connectivity index (χ0n) is 12.9. The van der Waals surface area contributed by atoms with Crippen LogP contribution in [0.3, 0.4) is 0 Å². The summed E-state index contributed by atoms with van der Waals surface area (Å²) in [7, 11) is 0. The van der Waals surface area contributed by atoms with Crippen molar-refractivity contribution in [3.63, 3.8) is 0 Å². The number of carbonyl (C=O) groups excluding carboxylic acids is 1. The highest BCUT2D eigenvalue weighted by Crippen LogP contribution is 2.26. The van der Waals surface area contributed by atoms with E-state index >= 15 is 0 Å². The van der Waals surface area contributed by atoms with E-state index in [9.17, 15) is 4.79 Å². The Morgan fingerprint density at radius 1 is 1.33 bits per heavy atom. The Morgan fingerprint density at radius 3 is 2.81 bits per heavy atom. The Bertz CT molecular complexity index is 640. The molecule has 0 saturated carbocycles. The summed E-state index contributed by atoms with van der Waals surface area (Å²) in [4.78, 5) is 20.6. The molecule has 1 aliphatic carbocycles. The van der Waals surface area contributed by atoms with Crippen molar-refractivity contribution in [3.8, 4) is 0 Å². The first-order valence-corrected chi connectivity index (χ1v) is 7.03. The molecule has 110 valence electrons. The van der Waals surface area contributed by atoms with Crippen molar-refractivity contribution in [3.05, 3.63) is 53.7 Å². The SMILES string of the molecule is CCOC(=O)c1nc(C2=CC=CC(C)(C)C=C2)cnc1C. The molecule has 0 bridgehead atoms. The molecule has 0 unspecified atom stereocenters. The summed E-state index contributed by atoms with van der Waals surface area (Å²) < 4.78 is 5.02. The van der Waals surface area contributed by atoms with Crippen molar-refractivity contribution in [2.45, 2.75) is 27.7 Å².